The first kappa shape index (κ1) is 13.8. The van der Waals surface area contributed by atoms with Gasteiger partial charge in [-0.2, -0.15) is 0 Å². The summed E-state index contributed by atoms with van der Waals surface area (Å²) in [4.78, 5) is 11.4. The molecule has 2 rings (SSSR count). The maximum Gasteiger partial charge on any atom is 0.332 e. The van der Waals surface area contributed by atoms with Crippen LogP contribution in [0.2, 0.25) is 0 Å². The van der Waals surface area contributed by atoms with E-state index in [2.05, 4.69) is 7.05 Å². The first-order valence-corrected chi connectivity index (χ1v) is 7.14. The highest BCUT2D eigenvalue weighted by molar-refractivity contribution is 5.70. The van der Waals surface area contributed by atoms with Crippen LogP contribution in [0.1, 0.15) is 32.1 Å². The van der Waals surface area contributed by atoms with Gasteiger partial charge in [-0.3, -0.25) is 0 Å². The van der Waals surface area contributed by atoms with E-state index >= 15 is 0 Å². The molecule has 0 N–H and O–H groups in total. The number of carbonyl (C=O) groups excluding carboxylic acids is 1. The van der Waals surface area contributed by atoms with Crippen LogP contribution in [0.25, 0.3) is 0 Å². The zero-order chi connectivity index (χ0) is 13.0. The molecule has 2 fully saturated rings. The fraction of sp³-hybridized carbons (Fsp3) is 0.929. The summed E-state index contributed by atoms with van der Waals surface area (Å²) in [6.07, 6.45) is 6.45. The lowest BCUT2D eigenvalue weighted by atomic mass is 9.82. The minimum absolute atomic E-state index is 0.0729. The van der Waals surface area contributed by atoms with Crippen LogP contribution in [0.3, 0.4) is 0 Å². The molecule has 2 heterocycles. The maximum absolute atomic E-state index is 11.4. The summed E-state index contributed by atoms with van der Waals surface area (Å²) in [5.74, 6) is 0.318. The first-order chi connectivity index (χ1) is 8.65. The third-order valence-corrected chi connectivity index (χ3v) is 4.73. The molecule has 4 nitrogen and oxygen atoms in total. The maximum atomic E-state index is 11.4. The zero-order valence-electron chi connectivity index (χ0n) is 11.7. The topological polar surface area (TPSA) is 35.5 Å². The van der Waals surface area contributed by atoms with E-state index in [1.807, 2.05) is 0 Å². The van der Waals surface area contributed by atoms with Gasteiger partial charge in [-0.05, 0) is 25.7 Å². The Morgan fingerprint density at radius 3 is 2.78 bits per heavy atom. The molecule has 0 aromatic heterocycles. The van der Waals surface area contributed by atoms with Crippen molar-refractivity contribution in [1.29, 1.82) is 0 Å². The predicted molar refractivity (Wildman–Crippen MR) is 69.1 cm³/mol. The highest BCUT2D eigenvalue weighted by Gasteiger charge is 2.43. The van der Waals surface area contributed by atoms with E-state index in [0.717, 1.165) is 0 Å². The van der Waals surface area contributed by atoms with Gasteiger partial charge in [0.2, 0.25) is 0 Å². The van der Waals surface area contributed by atoms with Crippen molar-refractivity contribution >= 4 is 5.97 Å². The number of ether oxygens (including phenoxy) is 2. The van der Waals surface area contributed by atoms with E-state index in [4.69, 9.17) is 9.47 Å². The van der Waals surface area contributed by atoms with Crippen LogP contribution < -0.4 is 0 Å². The van der Waals surface area contributed by atoms with Gasteiger partial charge in [-0.25, -0.2) is 4.79 Å². The summed E-state index contributed by atoms with van der Waals surface area (Å²) >= 11 is 0. The van der Waals surface area contributed by atoms with Gasteiger partial charge in [0.15, 0.2) is 0 Å². The molecule has 1 unspecified atom stereocenters. The molecule has 2 aliphatic rings. The molecule has 0 aromatic rings. The van der Waals surface area contributed by atoms with Gasteiger partial charge in [-0.15, -0.1) is 0 Å². The highest BCUT2D eigenvalue weighted by Crippen LogP contribution is 2.36. The Labute approximate surface area is 110 Å². The number of methoxy groups -OCH3 is 1. The van der Waals surface area contributed by atoms with E-state index in [9.17, 15) is 4.79 Å². The van der Waals surface area contributed by atoms with Crippen LogP contribution in [-0.2, 0) is 14.3 Å². The lowest BCUT2D eigenvalue weighted by Crippen LogP contribution is -2.61. The second-order valence-corrected chi connectivity index (χ2v) is 6.01. The van der Waals surface area contributed by atoms with Crippen LogP contribution in [0.5, 0.6) is 0 Å². The summed E-state index contributed by atoms with van der Waals surface area (Å²) in [7, 11) is 3.91. The minimum Gasteiger partial charge on any atom is -0.463 e. The fourth-order valence-electron chi connectivity index (χ4n) is 3.79. The molecule has 0 amide bonds. The van der Waals surface area contributed by atoms with Gasteiger partial charge < -0.3 is 14.0 Å². The molecule has 18 heavy (non-hydrogen) atoms. The van der Waals surface area contributed by atoms with Gasteiger partial charge in [0.1, 0.15) is 6.61 Å². The highest BCUT2D eigenvalue weighted by atomic mass is 16.6. The van der Waals surface area contributed by atoms with Crippen LogP contribution in [0, 0.1) is 5.92 Å². The summed E-state index contributed by atoms with van der Waals surface area (Å²) < 4.78 is 11.3. The van der Waals surface area contributed by atoms with Crippen molar-refractivity contribution in [2.24, 2.45) is 5.92 Å². The van der Waals surface area contributed by atoms with Crippen LogP contribution in [-0.4, -0.2) is 57.0 Å². The third kappa shape index (κ3) is 3.04. The number of hydrogen-bond donors (Lipinski definition) is 0. The van der Waals surface area contributed by atoms with Crippen molar-refractivity contribution in [3.8, 4) is 0 Å². The Morgan fingerprint density at radius 1 is 1.22 bits per heavy atom. The molecule has 0 radical (unpaired) electrons. The number of piperidine rings is 2. The molecule has 0 bridgehead atoms. The first-order valence-electron chi connectivity index (χ1n) is 7.14. The Balaban J connectivity index is 1.89. The van der Waals surface area contributed by atoms with Crippen molar-refractivity contribution in [2.75, 3.05) is 40.5 Å². The molecule has 2 aliphatic heterocycles. The normalized spacial score (nSPS) is 35.9. The summed E-state index contributed by atoms with van der Waals surface area (Å²) in [5.41, 5.74) is 0. The Morgan fingerprint density at radius 2 is 2.00 bits per heavy atom. The standard InChI is InChI=1S/C14H26NO3/c1-15-8-4-3-7-13(15)12(6-5-9-15)10-18-14(16)11-17-2/h12-13H,3-11H2,1-2H3/q+1/t12-,13-,15?/m0/s1. The molecule has 104 valence electrons. The minimum atomic E-state index is -0.229. The number of fused-ring (bicyclic) bond motifs is 1. The quantitative estimate of drug-likeness (QED) is 0.566. The van der Waals surface area contributed by atoms with Crippen molar-refractivity contribution in [1.82, 2.24) is 0 Å². The number of nitrogens with zero attached hydrogens (tertiary/aromatic N) is 1. The van der Waals surface area contributed by atoms with Crippen molar-refractivity contribution in [3.05, 3.63) is 0 Å². The summed E-state index contributed by atoms with van der Waals surface area (Å²) in [5, 5.41) is 0. The molecular formula is C14H26NO3+. The Kier molecular flexibility index (Phi) is 4.62. The fourth-order valence-corrected chi connectivity index (χ4v) is 3.79. The zero-order valence-corrected chi connectivity index (χ0v) is 11.7. The molecule has 4 heteroatoms. The largest absolute Gasteiger partial charge is 0.463 e. The average molecular weight is 256 g/mol. The molecular weight excluding hydrogens is 230 g/mol. The van der Waals surface area contributed by atoms with Crippen LogP contribution in [0.4, 0.5) is 0 Å². The second kappa shape index (κ2) is 6.02. The molecule has 0 aliphatic carbocycles. The van der Waals surface area contributed by atoms with Crippen LogP contribution >= 0.6 is 0 Å². The molecule has 2 saturated heterocycles. The lowest BCUT2D eigenvalue weighted by molar-refractivity contribution is -0.947. The van der Waals surface area contributed by atoms with E-state index < -0.39 is 0 Å². The van der Waals surface area contributed by atoms with E-state index in [1.54, 1.807) is 0 Å². The van der Waals surface area contributed by atoms with Crippen molar-refractivity contribution < 1.29 is 18.8 Å². The van der Waals surface area contributed by atoms with E-state index in [1.165, 1.54) is 56.8 Å². The van der Waals surface area contributed by atoms with Gasteiger partial charge in [0.25, 0.3) is 0 Å². The molecule has 0 spiro atoms. The van der Waals surface area contributed by atoms with Gasteiger partial charge >= 0.3 is 5.97 Å². The summed E-state index contributed by atoms with van der Waals surface area (Å²) in [6.45, 7) is 3.25. The van der Waals surface area contributed by atoms with Crippen molar-refractivity contribution in [3.63, 3.8) is 0 Å². The SMILES string of the molecule is COCC(=O)OC[C@@H]1CCC[N+]2(C)CCCC[C@@H]12. The van der Waals surface area contributed by atoms with Gasteiger partial charge in [-0.1, -0.05) is 0 Å². The monoisotopic (exact) mass is 256 g/mol. The molecule has 0 saturated carbocycles. The van der Waals surface area contributed by atoms with Crippen LogP contribution in [0.15, 0.2) is 0 Å². The smallest absolute Gasteiger partial charge is 0.332 e. The third-order valence-electron chi connectivity index (χ3n) is 4.73. The predicted octanol–water partition coefficient (Wildman–Crippen LogP) is 1.59. The number of esters is 1. The number of carbonyl (C=O) groups is 1. The number of hydrogen-bond acceptors (Lipinski definition) is 3. The Hall–Kier alpha value is -0.610. The van der Waals surface area contributed by atoms with Gasteiger partial charge in [0.05, 0.1) is 32.8 Å². The molecule has 0 aromatic carbocycles. The average Bonchev–Trinajstić information content (AvgIpc) is 2.35. The lowest BCUT2D eigenvalue weighted by Gasteiger charge is -2.51. The van der Waals surface area contributed by atoms with E-state index in [0.29, 0.717) is 18.6 Å². The number of quaternary nitrogens is 1. The summed E-state index contributed by atoms with van der Waals surface area (Å²) in [6, 6.07) is 0.697. The van der Waals surface area contributed by atoms with Gasteiger partial charge in [0, 0.05) is 19.4 Å². The molecule has 3 atom stereocenters. The van der Waals surface area contributed by atoms with E-state index in [-0.39, 0.29) is 12.6 Å². The number of rotatable bonds is 4. The second-order valence-electron chi connectivity index (χ2n) is 6.01. The van der Waals surface area contributed by atoms with Crippen molar-refractivity contribution in [2.45, 2.75) is 38.1 Å². The Bertz CT molecular complexity index is 291.